The van der Waals surface area contributed by atoms with Gasteiger partial charge in [-0.3, -0.25) is 0 Å². The van der Waals surface area contributed by atoms with E-state index in [1.165, 1.54) is 31.4 Å². The number of carboxylic acids is 1. The van der Waals surface area contributed by atoms with Crippen molar-refractivity contribution in [3.63, 3.8) is 0 Å². The van der Waals surface area contributed by atoms with Crippen molar-refractivity contribution in [3.05, 3.63) is 57.8 Å². The normalized spacial score (nSPS) is 10.2. The topological polar surface area (TPSA) is 58.6 Å². The first-order chi connectivity index (χ1) is 10.0. The number of carboxylic acid groups (broad SMARTS) is 1. The number of benzene rings is 2. The van der Waals surface area contributed by atoms with E-state index in [1.807, 2.05) is 0 Å². The van der Waals surface area contributed by atoms with Crippen LogP contribution in [0.25, 0.3) is 0 Å². The van der Waals surface area contributed by atoms with E-state index in [0.29, 0.717) is 22.5 Å². The molecule has 0 aromatic heterocycles. The molecule has 0 radical (unpaired) electrons. The number of hydrogen-bond donors (Lipinski definition) is 2. The van der Waals surface area contributed by atoms with Crippen LogP contribution in [0.15, 0.2) is 40.9 Å². The van der Waals surface area contributed by atoms with Gasteiger partial charge in [-0.05, 0) is 35.9 Å². The van der Waals surface area contributed by atoms with E-state index < -0.39 is 5.97 Å². The van der Waals surface area contributed by atoms with Gasteiger partial charge in [-0.1, -0.05) is 22.0 Å². The summed E-state index contributed by atoms with van der Waals surface area (Å²) < 4.78 is 18.9. The Labute approximate surface area is 129 Å². The third-order valence-corrected chi connectivity index (χ3v) is 3.67. The highest BCUT2D eigenvalue weighted by atomic mass is 79.9. The summed E-state index contributed by atoms with van der Waals surface area (Å²) in [7, 11) is 1.51. The molecule has 0 aliphatic carbocycles. The first-order valence-electron chi connectivity index (χ1n) is 6.10. The number of ether oxygens (including phenoxy) is 1. The van der Waals surface area contributed by atoms with Crippen LogP contribution in [0.3, 0.4) is 0 Å². The van der Waals surface area contributed by atoms with E-state index >= 15 is 0 Å². The Hall–Kier alpha value is -2.08. The molecule has 0 amide bonds. The van der Waals surface area contributed by atoms with Crippen molar-refractivity contribution in [1.29, 1.82) is 0 Å². The van der Waals surface area contributed by atoms with Crippen molar-refractivity contribution in [3.8, 4) is 5.75 Å². The predicted molar refractivity (Wildman–Crippen MR) is 81.4 cm³/mol. The molecular weight excluding hydrogens is 341 g/mol. The molecule has 0 aliphatic heterocycles. The Bertz CT molecular complexity index is 676. The van der Waals surface area contributed by atoms with Gasteiger partial charge in [-0.2, -0.15) is 0 Å². The molecule has 2 aromatic carbocycles. The molecular formula is C15H13BrFNO3. The molecule has 4 nitrogen and oxygen atoms in total. The van der Waals surface area contributed by atoms with E-state index in [0.717, 1.165) is 5.56 Å². The van der Waals surface area contributed by atoms with Crippen LogP contribution < -0.4 is 10.1 Å². The van der Waals surface area contributed by atoms with Gasteiger partial charge >= 0.3 is 5.97 Å². The van der Waals surface area contributed by atoms with Gasteiger partial charge in [-0.15, -0.1) is 0 Å². The fraction of sp³-hybridized carbons (Fsp3) is 0.133. The zero-order valence-electron chi connectivity index (χ0n) is 11.2. The summed E-state index contributed by atoms with van der Waals surface area (Å²) in [5, 5.41) is 12.1. The number of nitrogens with one attached hydrogen (secondary N) is 1. The molecule has 6 heteroatoms. The Balaban J connectivity index is 2.22. The lowest BCUT2D eigenvalue weighted by Gasteiger charge is -2.13. The molecule has 0 bridgehead atoms. The van der Waals surface area contributed by atoms with Crippen molar-refractivity contribution < 1.29 is 19.0 Å². The summed E-state index contributed by atoms with van der Waals surface area (Å²) >= 11 is 3.29. The van der Waals surface area contributed by atoms with Gasteiger partial charge in [0, 0.05) is 11.0 Å². The summed E-state index contributed by atoms with van der Waals surface area (Å²) in [5.74, 6) is -0.794. The van der Waals surface area contributed by atoms with E-state index in [2.05, 4.69) is 21.2 Å². The molecule has 0 atom stereocenters. The average Bonchev–Trinajstić information content (AvgIpc) is 2.46. The van der Waals surface area contributed by atoms with Crippen molar-refractivity contribution in [2.24, 2.45) is 0 Å². The summed E-state index contributed by atoms with van der Waals surface area (Å²) in [4.78, 5) is 11.0. The molecule has 0 unspecified atom stereocenters. The average molecular weight is 354 g/mol. The standard InChI is InChI=1S/C15H13BrFNO3/c1-21-14-5-3-9(15(19)20)6-13(14)18-8-10-2-4-11(17)7-12(10)16/h2-7,18H,8H2,1H3,(H,19,20). The van der Waals surface area contributed by atoms with Crippen LogP contribution in [0.1, 0.15) is 15.9 Å². The van der Waals surface area contributed by atoms with Gasteiger partial charge in [0.05, 0.1) is 18.4 Å². The smallest absolute Gasteiger partial charge is 0.335 e. The van der Waals surface area contributed by atoms with Crippen LogP contribution in [0, 0.1) is 5.82 Å². The molecule has 0 fully saturated rings. The van der Waals surface area contributed by atoms with Crippen LogP contribution >= 0.6 is 15.9 Å². The maximum Gasteiger partial charge on any atom is 0.335 e. The molecule has 0 saturated carbocycles. The summed E-state index contributed by atoms with van der Waals surface area (Å²) in [6.07, 6.45) is 0. The van der Waals surface area contributed by atoms with Crippen LogP contribution in [-0.2, 0) is 6.54 Å². The number of rotatable bonds is 5. The molecule has 2 aromatic rings. The molecule has 21 heavy (non-hydrogen) atoms. The summed E-state index contributed by atoms with van der Waals surface area (Å²) in [6, 6.07) is 8.96. The van der Waals surface area contributed by atoms with E-state index in [4.69, 9.17) is 9.84 Å². The maximum atomic E-state index is 13.0. The lowest BCUT2D eigenvalue weighted by atomic mass is 10.1. The molecule has 110 valence electrons. The Morgan fingerprint density at radius 1 is 1.33 bits per heavy atom. The number of hydrogen-bond acceptors (Lipinski definition) is 3. The molecule has 0 saturated heterocycles. The van der Waals surface area contributed by atoms with E-state index in [-0.39, 0.29) is 11.4 Å². The van der Waals surface area contributed by atoms with E-state index in [9.17, 15) is 9.18 Å². The zero-order chi connectivity index (χ0) is 15.4. The lowest BCUT2D eigenvalue weighted by Crippen LogP contribution is -2.04. The monoisotopic (exact) mass is 353 g/mol. The van der Waals surface area contributed by atoms with Crippen molar-refractivity contribution in [2.45, 2.75) is 6.54 Å². The predicted octanol–water partition coefficient (Wildman–Crippen LogP) is 3.91. The zero-order valence-corrected chi connectivity index (χ0v) is 12.8. The second-order valence-electron chi connectivity index (χ2n) is 4.31. The number of methoxy groups -OCH3 is 1. The molecule has 2 N–H and O–H groups in total. The van der Waals surface area contributed by atoms with E-state index in [1.54, 1.807) is 12.1 Å². The third kappa shape index (κ3) is 3.72. The van der Waals surface area contributed by atoms with Crippen molar-refractivity contribution in [2.75, 3.05) is 12.4 Å². The largest absolute Gasteiger partial charge is 0.495 e. The molecule has 0 spiro atoms. The summed E-state index contributed by atoms with van der Waals surface area (Å²) in [6.45, 7) is 0.403. The minimum atomic E-state index is -1.01. The fourth-order valence-electron chi connectivity index (χ4n) is 1.83. The Morgan fingerprint density at radius 3 is 2.71 bits per heavy atom. The minimum Gasteiger partial charge on any atom is -0.495 e. The van der Waals surface area contributed by atoms with Crippen molar-refractivity contribution in [1.82, 2.24) is 0 Å². The minimum absolute atomic E-state index is 0.163. The summed E-state index contributed by atoms with van der Waals surface area (Å²) in [5.41, 5.74) is 1.57. The van der Waals surface area contributed by atoms with Gasteiger partial charge in [0.1, 0.15) is 11.6 Å². The van der Waals surface area contributed by atoms with Crippen molar-refractivity contribution >= 4 is 27.6 Å². The second-order valence-corrected chi connectivity index (χ2v) is 5.16. The number of carbonyl (C=O) groups is 1. The Kier molecular flexibility index (Phi) is 4.80. The maximum absolute atomic E-state index is 13.0. The Morgan fingerprint density at radius 2 is 2.10 bits per heavy atom. The first-order valence-corrected chi connectivity index (χ1v) is 6.89. The van der Waals surface area contributed by atoms with Gasteiger partial charge in [-0.25, -0.2) is 9.18 Å². The second kappa shape index (κ2) is 6.58. The van der Waals surface area contributed by atoms with Crippen LogP contribution in [0.4, 0.5) is 10.1 Å². The van der Waals surface area contributed by atoms with Gasteiger partial charge in [0.2, 0.25) is 0 Å². The SMILES string of the molecule is COc1ccc(C(=O)O)cc1NCc1ccc(F)cc1Br. The van der Waals surface area contributed by atoms with Gasteiger partial charge in [0.25, 0.3) is 0 Å². The highest BCUT2D eigenvalue weighted by Gasteiger charge is 2.09. The van der Waals surface area contributed by atoms with Crippen LogP contribution in [0.2, 0.25) is 0 Å². The number of anilines is 1. The van der Waals surface area contributed by atoms with Gasteiger partial charge in [0.15, 0.2) is 0 Å². The highest BCUT2D eigenvalue weighted by Crippen LogP contribution is 2.27. The van der Waals surface area contributed by atoms with Crippen LogP contribution in [0.5, 0.6) is 5.75 Å². The third-order valence-electron chi connectivity index (χ3n) is 2.93. The molecule has 0 heterocycles. The highest BCUT2D eigenvalue weighted by molar-refractivity contribution is 9.10. The van der Waals surface area contributed by atoms with Crippen LogP contribution in [-0.4, -0.2) is 18.2 Å². The quantitative estimate of drug-likeness (QED) is 0.855. The molecule has 0 aliphatic rings. The number of halogens is 2. The first kappa shape index (κ1) is 15.3. The number of aromatic carboxylic acids is 1. The fourth-order valence-corrected chi connectivity index (χ4v) is 2.33. The molecule has 2 rings (SSSR count). The lowest BCUT2D eigenvalue weighted by molar-refractivity contribution is 0.0697. The van der Waals surface area contributed by atoms with Gasteiger partial charge < -0.3 is 15.2 Å².